The summed E-state index contributed by atoms with van der Waals surface area (Å²) in [6, 6.07) is 18.3. The van der Waals surface area contributed by atoms with E-state index < -0.39 is 12.0 Å². The van der Waals surface area contributed by atoms with Crippen LogP contribution in [-0.4, -0.2) is 30.4 Å². The molecule has 1 aromatic heterocycles. The monoisotopic (exact) mass is 616 g/mol. The van der Waals surface area contributed by atoms with Gasteiger partial charge in [0.2, 0.25) is 0 Å². The third-order valence-corrected chi connectivity index (χ3v) is 7.90. The van der Waals surface area contributed by atoms with E-state index >= 15 is 0 Å². The van der Waals surface area contributed by atoms with Crippen LogP contribution in [0.1, 0.15) is 50.4 Å². The highest BCUT2D eigenvalue weighted by Crippen LogP contribution is 2.32. The van der Waals surface area contributed by atoms with Gasteiger partial charge in [-0.05, 0) is 75.2 Å². The molecule has 1 atom stereocenters. The summed E-state index contributed by atoms with van der Waals surface area (Å²) < 4.78 is 38.6. The van der Waals surface area contributed by atoms with Gasteiger partial charge in [0, 0.05) is 5.56 Å². The summed E-state index contributed by atoms with van der Waals surface area (Å²) in [5, 5.41) is 0. The number of hydrogen-bond donors (Lipinski definition) is 0. The fraction of sp³-hybridized carbons (Fsp3) is 0.265. The van der Waals surface area contributed by atoms with E-state index in [4.69, 9.17) is 18.9 Å². The Labute approximate surface area is 258 Å². The molecule has 0 spiro atoms. The van der Waals surface area contributed by atoms with Gasteiger partial charge in [-0.25, -0.2) is 14.2 Å². The van der Waals surface area contributed by atoms with E-state index in [-0.39, 0.29) is 24.1 Å². The second kappa shape index (κ2) is 13.3. The van der Waals surface area contributed by atoms with Gasteiger partial charge in [0.15, 0.2) is 16.3 Å². The summed E-state index contributed by atoms with van der Waals surface area (Å²) in [5.41, 5.74) is 2.34. The van der Waals surface area contributed by atoms with Crippen molar-refractivity contribution in [3.05, 3.63) is 120 Å². The number of carbonyl (C=O) groups is 1. The van der Waals surface area contributed by atoms with Crippen LogP contribution in [0.25, 0.3) is 6.08 Å². The van der Waals surface area contributed by atoms with E-state index in [2.05, 4.69) is 4.99 Å². The average Bonchev–Trinajstić information content (AvgIpc) is 3.30. The summed E-state index contributed by atoms with van der Waals surface area (Å²) >= 11 is 1.23. The number of rotatable bonds is 10. The topological polar surface area (TPSA) is 88.4 Å². The number of halogens is 1. The van der Waals surface area contributed by atoms with Gasteiger partial charge in [0.05, 0.1) is 41.7 Å². The maximum Gasteiger partial charge on any atom is 0.338 e. The minimum Gasteiger partial charge on any atom is -0.494 e. The number of fused-ring (bicyclic) bond motifs is 1. The highest BCUT2D eigenvalue weighted by molar-refractivity contribution is 7.07. The SMILES string of the molecule is CCOc1ccc([C@H]2C(C(=O)OC(C)C)=C(C)N=c3s/c(=C/c4ccc(OCc5ccccc5F)c(OC)c4)c(=O)n32)cc1. The summed E-state index contributed by atoms with van der Waals surface area (Å²) in [5.74, 6) is 0.687. The molecule has 0 fully saturated rings. The number of benzene rings is 3. The Bertz CT molecular complexity index is 1890. The van der Waals surface area contributed by atoms with Gasteiger partial charge in [-0.15, -0.1) is 0 Å². The van der Waals surface area contributed by atoms with E-state index in [1.54, 1.807) is 67.8 Å². The average molecular weight is 617 g/mol. The lowest BCUT2D eigenvalue weighted by Crippen LogP contribution is -2.40. The Balaban J connectivity index is 1.54. The zero-order chi connectivity index (χ0) is 31.4. The number of esters is 1. The number of hydrogen-bond acceptors (Lipinski definition) is 8. The van der Waals surface area contributed by atoms with E-state index in [9.17, 15) is 14.0 Å². The minimum atomic E-state index is -0.737. The fourth-order valence-electron chi connectivity index (χ4n) is 4.90. The Morgan fingerprint density at radius 2 is 1.82 bits per heavy atom. The normalized spacial score (nSPS) is 14.7. The molecule has 0 amide bonds. The van der Waals surface area contributed by atoms with Gasteiger partial charge in [0.25, 0.3) is 5.56 Å². The Hall–Kier alpha value is -4.70. The number of allylic oxidation sites excluding steroid dienone is 1. The van der Waals surface area contributed by atoms with Crippen LogP contribution < -0.4 is 29.1 Å². The molecular formula is C34H33FN2O6S. The van der Waals surface area contributed by atoms with Crippen molar-refractivity contribution in [2.24, 2.45) is 4.99 Å². The Morgan fingerprint density at radius 1 is 1.07 bits per heavy atom. The van der Waals surface area contributed by atoms with Crippen LogP contribution >= 0.6 is 11.3 Å². The van der Waals surface area contributed by atoms with Crippen molar-refractivity contribution >= 4 is 23.4 Å². The summed E-state index contributed by atoms with van der Waals surface area (Å²) in [4.78, 5) is 32.4. The largest absolute Gasteiger partial charge is 0.494 e. The first kappa shape index (κ1) is 30.7. The third kappa shape index (κ3) is 6.45. The van der Waals surface area contributed by atoms with Crippen LogP contribution in [0, 0.1) is 5.82 Å². The van der Waals surface area contributed by atoms with E-state index in [1.807, 2.05) is 31.2 Å². The highest BCUT2D eigenvalue weighted by Gasteiger charge is 2.33. The predicted octanol–water partition coefficient (Wildman–Crippen LogP) is 5.31. The zero-order valence-corrected chi connectivity index (χ0v) is 25.9. The van der Waals surface area contributed by atoms with Crippen molar-refractivity contribution in [1.82, 2.24) is 4.57 Å². The van der Waals surface area contributed by atoms with Crippen molar-refractivity contribution < 1.29 is 28.1 Å². The van der Waals surface area contributed by atoms with Gasteiger partial charge in [-0.2, -0.15) is 0 Å². The van der Waals surface area contributed by atoms with Crippen molar-refractivity contribution in [1.29, 1.82) is 0 Å². The van der Waals surface area contributed by atoms with Gasteiger partial charge in [0.1, 0.15) is 18.2 Å². The van der Waals surface area contributed by atoms with E-state index in [1.165, 1.54) is 24.5 Å². The maximum absolute atomic E-state index is 14.1. The standard InChI is InChI=1S/C34H33FN2O6S/c1-6-41-25-14-12-23(13-15-25)31-30(33(39)43-20(2)3)21(4)36-34-37(31)32(38)29(44-34)18-22-11-16-27(28(17-22)40-5)42-19-24-9-7-8-10-26(24)35/h7-18,20,31H,6,19H2,1-5H3/b29-18+/t31-/m0/s1. The first-order valence-corrected chi connectivity index (χ1v) is 15.0. The number of thiazole rings is 1. The zero-order valence-electron chi connectivity index (χ0n) is 25.1. The number of methoxy groups -OCH3 is 1. The molecule has 228 valence electrons. The van der Waals surface area contributed by atoms with Crippen molar-refractivity contribution in [3.63, 3.8) is 0 Å². The second-order valence-corrected chi connectivity index (χ2v) is 11.3. The highest BCUT2D eigenvalue weighted by atomic mass is 32.1. The number of ether oxygens (including phenoxy) is 4. The number of nitrogens with zero attached hydrogens (tertiary/aromatic N) is 2. The molecule has 4 aromatic rings. The van der Waals surface area contributed by atoms with Gasteiger partial charge in [-0.1, -0.05) is 47.7 Å². The molecule has 0 radical (unpaired) electrons. The molecule has 3 aromatic carbocycles. The molecule has 0 saturated heterocycles. The Kier molecular flexibility index (Phi) is 9.29. The van der Waals surface area contributed by atoms with Crippen molar-refractivity contribution in [2.45, 2.75) is 46.4 Å². The molecule has 0 saturated carbocycles. The number of carbonyl (C=O) groups excluding carboxylic acids is 1. The summed E-state index contributed by atoms with van der Waals surface area (Å²) in [6.45, 7) is 7.76. The fourth-order valence-corrected chi connectivity index (χ4v) is 5.95. The van der Waals surface area contributed by atoms with Crippen LogP contribution in [0.15, 0.2) is 87.8 Å². The van der Waals surface area contributed by atoms with Crippen molar-refractivity contribution in [2.75, 3.05) is 13.7 Å². The molecule has 0 bridgehead atoms. The smallest absolute Gasteiger partial charge is 0.338 e. The molecule has 0 unspecified atom stereocenters. The van der Waals surface area contributed by atoms with Crippen LogP contribution in [0.3, 0.4) is 0 Å². The van der Waals surface area contributed by atoms with Gasteiger partial charge in [-0.3, -0.25) is 9.36 Å². The Morgan fingerprint density at radius 3 is 2.50 bits per heavy atom. The molecule has 10 heteroatoms. The third-order valence-electron chi connectivity index (χ3n) is 6.92. The van der Waals surface area contributed by atoms with Crippen LogP contribution in [0.2, 0.25) is 0 Å². The molecular weight excluding hydrogens is 583 g/mol. The maximum atomic E-state index is 14.1. The molecule has 1 aliphatic heterocycles. The summed E-state index contributed by atoms with van der Waals surface area (Å²) in [6.07, 6.45) is 1.40. The van der Waals surface area contributed by atoms with Crippen LogP contribution in [0.4, 0.5) is 4.39 Å². The molecule has 8 nitrogen and oxygen atoms in total. The first-order valence-electron chi connectivity index (χ1n) is 14.2. The second-order valence-electron chi connectivity index (χ2n) is 10.3. The number of aromatic nitrogens is 1. The van der Waals surface area contributed by atoms with Crippen molar-refractivity contribution in [3.8, 4) is 17.2 Å². The minimum absolute atomic E-state index is 0.0352. The lowest BCUT2D eigenvalue weighted by molar-refractivity contribution is -0.143. The lowest BCUT2D eigenvalue weighted by Gasteiger charge is -2.25. The molecule has 1 aliphatic rings. The summed E-state index contributed by atoms with van der Waals surface area (Å²) in [7, 11) is 1.51. The van der Waals surface area contributed by atoms with E-state index in [0.717, 1.165) is 5.56 Å². The molecule has 2 heterocycles. The lowest BCUT2D eigenvalue weighted by atomic mass is 9.96. The molecule has 0 N–H and O–H groups in total. The van der Waals surface area contributed by atoms with E-state index in [0.29, 0.717) is 55.6 Å². The van der Waals surface area contributed by atoms with Crippen LogP contribution in [0.5, 0.6) is 17.2 Å². The molecule has 0 aliphatic carbocycles. The predicted molar refractivity (Wildman–Crippen MR) is 166 cm³/mol. The van der Waals surface area contributed by atoms with Gasteiger partial charge < -0.3 is 18.9 Å². The first-order chi connectivity index (χ1) is 21.2. The van der Waals surface area contributed by atoms with Gasteiger partial charge >= 0.3 is 5.97 Å². The molecule has 44 heavy (non-hydrogen) atoms. The van der Waals surface area contributed by atoms with Crippen LogP contribution in [-0.2, 0) is 16.1 Å². The molecule has 5 rings (SSSR count). The quantitative estimate of drug-likeness (QED) is 0.225.